The Labute approximate surface area is 111 Å². The van der Waals surface area contributed by atoms with Crippen LogP contribution in [0.4, 0.5) is 0 Å². The first kappa shape index (κ1) is 13.4. The molecule has 6 heteroatoms. The molecule has 1 aromatic rings. The van der Waals surface area contributed by atoms with Crippen LogP contribution in [-0.4, -0.2) is 31.4 Å². The van der Waals surface area contributed by atoms with Gasteiger partial charge in [0.05, 0.1) is 0 Å². The molecule has 0 aromatic carbocycles. The molecule has 1 aromatic heterocycles. The number of aliphatic carboxylic acids is 1. The van der Waals surface area contributed by atoms with E-state index < -0.39 is 12.0 Å². The van der Waals surface area contributed by atoms with Gasteiger partial charge in [-0.15, -0.1) is 11.8 Å². The fraction of sp³-hybridized carbons (Fsp3) is 0.667. The summed E-state index contributed by atoms with van der Waals surface area (Å²) in [5, 5.41) is 12.3. The maximum absolute atomic E-state index is 11.2. The number of hydrogen-bond acceptors (Lipinski definition) is 4. The number of nitrogens with one attached hydrogen (secondary N) is 1. The first-order chi connectivity index (χ1) is 8.45. The first-order valence-corrected chi connectivity index (χ1v) is 7.01. The zero-order valence-electron chi connectivity index (χ0n) is 10.9. The number of aromatic nitrogens is 2. The Kier molecular flexibility index (Phi) is 3.68. The highest BCUT2D eigenvalue weighted by atomic mass is 32.2. The molecule has 0 aliphatic carbocycles. The number of aryl methyl sites for hydroxylation is 1. The van der Waals surface area contributed by atoms with Gasteiger partial charge in [-0.05, 0) is 20.3 Å². The standard InChI is InChI=1S/C12H19N3O2S/c1-4-6-15-7-5-13-9(15)10-14-8(11(16)17)12(2,3)18-10/h5,7-8,10,14H,4,6H2,1-3H3,(H,16,17). The maximum atomic E-state index is 11.2. The second kappa shape index (κ2) is 4.93. The lowest BCUT2D eigenvalue weighted by Gasteiger charge is -2.20. The molecule has 2 atom stereocenters. The summed E-state index contributed by atoms with van der Waals surface area (Å²) in [4.78, 5) is 15.6. The topological polar surface area (TPSA) is 67.2 Å². The SMILES string of the molecule is CCCn1ccnc1C1NC(C(=O)O)C(C)(C)S1. The van der Waals surface area contributed by atoms with E-state index in [0.29, 0.717) is 0 Å². The number of carbonyl (C=O) groups is 1. The van der Waals surface area contributed by atoms with Crippen molar-refractivity contribution < 1.29 is 9.90 Å². The van der Waals surface area contributed by atoms with E-state index in [0.717, 1.165) is 18.8 Å². The Morgan fingerprint density at radius 3 is 2.94 bits per heavy atom. The van der Waals surface area contributed by atoms with Gasteiger partial charge in [0, 0.05) is 23.7 Å². The third kappa shape index (κ3) is 2.40. The molecule has 0 radical (unpaired) electrons. The minimum absolute atomic E-state index is 0.0531. The molecule has 2 heterocycles. The van der Waals surface area contributed by atoms with Crippen LogP contribution in [0.15, 0.2) is 12.4 Å². The largest absolute Gasteiger partial charge is 0.480 e. The molecule has 0 bridgehead atoms. The van der Waals surface area contributed by atoms with Gasteiger partial charge >= 0.3 is 5.97 Å². The van der Waals surface area contributed by atoms with Crippen LogP contribution in [0.2, 0.25) is 0 Å². The van der Waals surface area contributed by atoms with E-state index in [1.165, 1.54) is 0 Å². The predicted octanol–water partition coefficient (Wildman–Crippen LogP) is 1.86. The van der Waals surface area contributed by atoms with Crippen LogP contribution in [0.3, 0.4) is 0 Å². The quantitative estimate of drug-likeness (QED) is 0.873. The highest BCUT2D eigenvalue weighted by Gasteiger charge is 2.46. The summed E-state index contributed by atoms with van der Waals surface area (Å²) >= 11 is 1.63. The van der Waals surface area contributed by atoms with Crippen LogP contribution in [0.1, 0.15) is 38.4 Å². The Hall–Kier alpha value is -1.01. The summed E-state index contributed by atoms with van der Waals surface area (Å²) < 4.78 is 1.75. The van der Waals surface area contributed by atoms with E-state index in [1.54, 1.807) is 18.0 Å². The Morgan fingerprint density at radius 1 is 1.67 bits per heavy atom. The van der Waals surface area contributed by atoms with E-state index >= 15 is 0 Å². The summed E-state index contributed by atoms with van der Waals surface area (Å²) in [5.41, 5.74) is 0. The van der Waals surface area contributed by atoms with Crippen LogP contribution in [0, 0.1) is 0 Å². The lowest BCUT2D eigenvalue weighted by Crippen LogP contribution is -2.43. The number of hydrogen-bond donors (Lipinski definition) is 2. The lowest BCUT2D eigenvalue weighted by molar-refractivity contribution is -0.139. The van der Waals surface area contributed by atoms with E-state index in [-0.39, 0.29) is 10.1 Å². The molecule has 2 N–H and O–H groups in total. The molecule has 0 spiro atoms. The molecule has 5 nitrogen and oxygen atoms in total. The summed E-state index contributed by atoms with van der Waals surface area (Å²) in [5.74, 6) is 0.113. The lowest BCUT2D eigenvalue weighted by atomic mass is 10.0. The molecule has 1 aliphatic heterocycles. The van der Waals surface area contributed by atoms with Crippen LogP contribution in [0.5, 0.6) is 0 Å². The summed E-state index contributed by atoms with van der Waals surface area (Å²) in [6.45, 7) is 6.93. The monoisotopic (exact) mass is 269 g/mol. The van der Waals surface area contributed by atoms with Gasteiger partial charge in [-0.2, -0.15) is 0 Å². The molecule has 0 saturated carbocycles. The first-order valence-electron chi connectivity index (χ1n) is 6.13. The minimum atomic E-state index is -0.802. The van der Waals surface area contributed by atoms with Gasteiger partial charge in [-0.3, -0.25) is 10.1 Å². The molecular formula is C12H19N3O2S. The van der Waals surface area contributed by atoms with Gasteiger partial charge in [-0.25, -0.2) is 4.98 Å². The Morgan fingerprint density at radius 2 is 2.39 bits per heavy atom. The molecule has 18 heavy (non-hydrogen) atoms. The number of rotatable bonds is 4. The Balaban J connectivity index is 2.21. The molecule has 0 amide bonds. The maximum Gasteiger partial charge on any atom is 0.322 e. The summed E-state index contributed by atoms with van der Waals surface area (Å²) in [6.07, 6.45) is 4.75. The van der Waals surface area contributed by atoms with Crippen molar-refractivity contribution in [3.05, 3.63) is 18.2 Å². The van der Waals surface area contributed by atoms with Crippen molar-refractivity contribution in [2.45, 2.75) is 49.9 Å². The van der Waals surface area contributed by atoms with Crippen molar-refractivity contribution in [2.75, 3.05) is 0 Å². The third-order valence-electron chi connectivity index (χ3n) is 3.13. The third-order valence-corrected chi connectivity index (χ3v) is 4.55. The van der Waals surface area contributed by atoms with Crippen LogP contribution in [-0.2, 0) is 11.3 Å². The molecule has 2 rings (SSSR count). The normalized spacial score (nSPS) is 26.4. The molecular weight excluding hydrogens is 250 g/mol. The van der Waals surface area contributed by atoms with Crippen LogP contribution >= 0.6 is 11.8 Å². The van der Waals surface area contributed by atoms with Gasteiger partial charge in [0.2, 0.25) is 0 Å². The van der Waals surface area contributed by atoms with Crippen molar-refractivity contribution in [3.8, 4) is 0 Å². The summed E-state index contributed by atoms with van der Waals surface area (Å²) in [7, 11) is 0. The van der Waals surface area contributed by atoms with E-state index in [9.17, 15) is 9.90 Å². The van der Waals surface area contributed by atoms with Gasteiger partial charge in [0.25, 0.3) is 0 Å². The second-order valence-electron chi connectivity index (χ2n) is 5.02. The number of carboxylic acids is 1. The average molecular weight is 269 g/mol. The highest BCUT2D eigenvalue weighted by molar-refractivity contribution is 8.01. The van der Waals surface area contributed by atoms with E-state index in [4.69, 9.17) is 0 Å². The van der Waals surface area contributed by atoms with Gasteiger partial charge in [0.1, 0.15) is 17.2 Å². The number of thioether (sulfide) groups is 1. The minimum Gasteiger partial charge on any atom is -0.480 e. The number of carboxylic acid groups (broad SMARTS) is 1. The van der Waals surface area contributed by atoms with E-state index in [2.05, 4.69) is 21.8 Å². The second-order valence-corrected chi connectivity index (χ2v) is 6.78. The van der Waals surface area contributed by atoms with Crippen molar-refractivity contribution in [1.29, 1.82) is 0 Å². The van der Waals surface area contributed by atoms with Gasteiger partial charge < -0.3 is 9.67 Å². The molecule has 1 aliphatic rings. The zero-order valence-corrected chi connectivity index (χ0v) is 11.7. The van der Waals surface area contributed by atoms with Crippen LogP contribution in [0.25, 0.3) is 0 Å². The van der Waals surface area contributed by atoms with Crippen molar-refractivity contribution >= 4 is 17.7 Å². The number of nitrogens with zero attached hydrogens (tertiary/aromatic N) is 2. The van der Waals surface area contributed by atoms with Crippen molar-refractivity contribution in [2.24, 2.45) is 0 Å². The summed E-state index contributed by atoms with van der Waals surface area (Å²) in [6, 6.07) is -0.542. The molecule has 2 unspecified atom stereocenters. The van der Waals surface area contributed by atoms with Crippen molar-refractivity contribution in [1.82, 2.24) is 14.9 Å². The number of imidazole rings is 1. The predicted molar refractivity (Wildman–Crippen MR) is 71.5 cm³/mol. The van der Waals surface area contributed by atoms with Gasteiger partial charge in [0.15, 0.2) is 0 Å². The zero-order chi connectivity index (χ0) is 13.3. The molecule has 1 fully saturated rings. The smallest absolute Gasteiger partial charge is 0.322 e. The van der Waals surface area contributed by atoms with E-state index in [1.807, 2.05) is 20.0 Å². The Bertz CT molecular complexity index is 444. The van der Waals surface area contributed by atoms with Crippen LogP contribution < -0.4 is 5.32 Å². The van der Waals surface area contributed by atoms with Crippen molar-refractivity contribution in [3.63, 3.8) is 0 Å². The fourth-order valence-corrected chi connectivity index (χ4v) is 3.66. The highest BCUT2D eigenvalue weighted by Crippen LogP contribution is 2.45. The van der Waals surface area contributed by atoms with Gasteiger partial charge in [-0.1, -0.05) is 6.92 Å². The molecule has 100 valence electrons. The fourth-order valence-electron chi connectivity index (χ4n) is 2.24. The molecule has 1 saturated heterocycles. The average Bonchev–Trinajstić information content (AvgIpc) is 2.82.